The summed E-state index contributed by atoms with van der Waals surface area (Å²) < 4.78 is 14.9. The number of hydrogen-bond acceptors (Lipinski definition) is 3. The van der Waals surface area contributed by atoms with Gasteiger partial charge in [0.25, 0.3) is 0 Å². The third-order valence-electron chi connectivity index (χ3n) is 8.14. The summed E-state index contributed by atoms with van der Waals surface area (Å²) in [6, 6.07) is 49.0. The highest BCUT2D eigenvalue weighted by Gasteiger charge is 2.29. The zero-order chi connectivity index (χ0) is 28.1. The fraction of sp³-hybridized carbons (Fsp3) is 0. The van der Waals surface area contributed by atoms with Crippen LogP contribution in [0.4, 0.5) is 0 Å². The van der Waals surface area contributed by atoms with E-state index < -0.39 is 7.14 Å². The van der Waals surface area contributed by atoms with Crippen LogP contribution < -0.4 is 15.9 Å². The van der Waals surface area contributed by atoms with Crippen molar-refractivity contribution >= 4 is 66.5 Å². The lowest BCUT2D eigenvalue weighted by Gasteiger charge is -2.20. The Hall–Kier alpha value is -5.11. The van der Waals surface area contributed by atoms with Crippen LogP contribution in [0, 0.1) is 0 Å². The van der Waals surface area contributed by atoms with Crippen LogP contribution in [0.2, 0.25) is 0 Å². The number of hydrogen-bond donors (Lipinski definition) is 0. The molecule has 2 aromatic heterocycles. The molecule has 42 heavy (non-hydrogen) atoms. The van der Waals surface area contributed by atoms with Crippen LogP contribution in [-0.2, 0) is 4.57 Å². The van der Waals surface area contributed by atoms with E-state index >= 15 is 0 Å². The van der Waals surface area contributed by atoms with Crippen molar-refractivity contribution < 1.29 is 4.57 Å². The summed E-state index contributed by atoms with van der Waals surface area (Å²) >= 11 is 0. The molecule has 4 heteroatoms. The lowest BCUT2D eigenvalue weighted by Crippen LogP contribution is -2.24. The standard InChI is InChI=1S/C38H25N2OP/c41-42(30-11-3-1-4-12-30,31-13-5-2-6-14-31)32-21-19-27(20-22-32)35-25-29-24-28-18-17-26-10-7-8-15-33(26)36(28)40-37(29)38-34(35)16-9-23-39-38/h1-25H. The van der Waals surface area contributed by atoms with Gasteiger partial charge in [0.15, 0.2) is 7.14 Å². The molecule has 8 rings (SSSR count). The van der Waals surface area contributed by atoms with Crippen molar-refractivity contribution in [3.63, 3.8) is 0 Å². The molecule has 0 N–H and O–H groups in total. The molecule has 0 fully saturated rings. The molecule has 0 radical (unpaired) electrons. The van der Waals surface area contributed by atoms with E-state index in [1.165, 1.54) is 5.39 Å². The highest BCUT2D eigenvalue weighted by atomic mass is 31.2. The van der Waals surface area contributed by atoms with Crippen molar-refractivity contribution in [2.75, 3.05) is 0 Å². The zero-order valence-corrected chi connectivity index (χ0v) is 23.6. The quantitative estimate of drug-likeness (QED) is 0.124. The minimum absolute atomic E-state index is 0.811. The Kier molecular flexibility index (Phi) is 5.73. The van der Waals surface area contributed by atoms with E-state index in [0.717, 1.165) is 65.1 Å². The largest absolute Gasteiger partial charge is 0.309 e. The molecule has 0 spiro atoms. The third kappa shape index (κ3) is 3.86. The van der Waals surface area contributed by atoms with E-state index in [2.05, 4.69) is 66.7 Å². The second-order valence-electron chi connectivity index (χ2n) is 10.6. The Labute approximate surface area is 243 Å². The van der Waals surface area contributed by atoms with Gasteiger partial charge in [0.2, 0.25) is 0 Å². The molecule has 0 saturated carbocycles. The summed E-state index contributed by atoms with van der Waals surface area (Å²) in [4.78, 5) is 9.99. The first kappa shape index (κ1) is 24.7. The van der Waals surface area contributed by atoms with Crippen LogP contribution in [0.25, 0.3) is 54.6 Å². The molecular formula is C38H25N2OP. The van der Waals surface area contributed by atoms with E-state index in [9.17, 15) is 4.57 Å². The fourth-order valence-electron chi connectivity index (χ4n) is 6.08. The van der Waals surface area contributed by atoms with Gasteiger partial charge in [0, 0.05) is 43.7 Å². The summed E-state index contributed by atoms with van der Waals surface area (Å²) in [5.74, 6) is 0. The maximum absolute atomic E-state index is 14.9. The third-order valence-corrected chi connectivity index (χ3v) is 11.2. The summed E-state index contributed by atoms with van der Waals surface area (Å²) in [7, 11) is -3.05. The van der Waals surface area contributed by atoms with Crippen LogP contribution in [0.1, 0.15) is 0 Å². The first-order valence-corrected chi connectivity index (χ1v) is 15.7. The highest BCUT2D eigenvalue weighted by molar-refractivity contribution is 7.85. The zero-order valence-electron chi connectivity index (χ0n) is 22.7. The molecule has 3 nitrogen and oxygen atoms in total. The van der Waals surface area contributed by atoms with Gasteiger partial charge >= 0.3 is 0 Å². The van der Waals surface area contributed by atoms with Crippen molar-refractivity contribution in [2.24, 2.45) is 0 Å². The smallest absolute Gasteiger partial charge is 0.171 e. The predicted molar refractivity (Wildman–Crippen MR) is 177 cm³/mol. The first-order chi connectivity index (χ1) is 20.7. The molecule has 198 valence electrons. The molecular weight excluding hydrogens is 531 g/mol. The van der Waals surface area contributed by atoms with Crippen molar-refractivity contribution in [3.8, 4) is 11.1 Å². The molecule has 0 bridgehead atoms. The molecule has 0 atom stereocenters. The predicted octanol–water partition coefficient (Wildman–Crippen LogP) is 8.40. The van der Waals surface area contributed by atoms with Crippen LogP contribution in [0.15, 0.2) is 152 Å². The summed E-state index contributed by atoms with van der Waals surface area (Å²) in [6.45, 7) is 0. The Morgan fingerprint density at radius 1 is 0.452 bits per heavy atom. The van der Waals surface area contributed by atoms with Gasteiger partial charge in [0.1, 0.15) is 0 Å². The molecule has 6 aromatic carbocycles. The Morgan fingerprint density at radius 2 is 1.07 bits per heavy atom. The van der Waals surface area contributed by atoms with Gasteiger partial charge in [-0.1, -0.05) is 127 Å². The maximum Gasteiger partial charge on any atom is 0.171 e. The number of rotatable bonds is 4. The SMILES string of the molecule is O=P(c1ccccc1)(c1ccccc1)c1ccc(-c2cc3cc4ccc5ccccc5c4nc3c3ncccc23)cc1. The minimum atomic E-state index is -3.05. The molecule has 0 unspecified atom stereocenters. The second-order valence-corrected chi connectivity index (χ2v) is 13.3. The summed E-state index contributed by atoms with van der Waals surface area (Å²) in [6.07, 6.45) is 1.83. The molecule has 0 amide bonds. The lowest BCUT2D eigenvalue weighted by atomic mass is 9.96. The topological polar surface area (TPSA) is 42.9 Å². The summed E-state index contributed by atoms with van der Waals surface area (Å²) in [5, 5.41) is 7.97. The second kappa shape index (κ2) is 9.76. The number of aromatic nitrogens is 2. The first-order valence-electron chi connectivity index (χ1n) is 14.0. The monoisotopic (exact) mass is 556 g/mol. The van der Waals surface area contributed by atoms with E-state index in [-0.39, 0.29) is 0 Å². The maximum atomic E-state index is 14.9. The van der Waals surface area contributed by atoms with Gasteiger partial charge in [-0.05, 0) is 34.7 Å². The molecule has 0 aliphatic heterocycles. The van der Waals surface area contributed by atoms with Crippen molar-refractivity contribution in [2.45, 2.75) is 0 Å². The van der Waals surface area contributed by atoms with Crippen LogP contribution >= 0.6 is 7.14 Å². The van der Waals surface area contributed by atoms with Gasteiger partial charge in [-0.3, -0.25) is 4.98 Å². The van der Waals surface area contributed by atoms with Gasteiger partial charge in [-0.15, -0.1) is 0 Å². The van der Waals surface area contributed by atoms with E-state index in [1.807, 2.05) is 85.1 Å². The van der Waals surface area contributed by atoms with Crippen molar-refractivity contribution in [1.29, 1.82) is 0 Å². The van der Waals surface area contributed by atoms with Gasteiger partial charge in [0.05, 0.1) is 16.6 Å². The molecule has 0 aliphatic rings. The number of fused-ring (bicyclic) bond motifs is 6. The van der Waals surface area contributed by atoms with E-state index in [1.54, 1.807) is 0 Å². The Morgan fingerprint density at radius 3 is 1.81 bits per heavy atom. The lowest BCUT2D eigenvalue weighted by molar-refractivity contribution is 0.592. The fourth-order valence-corrected chi connectivity index (χ4v) is 8.73. The Bertz CT molecular complexity index is 2270. The van der Waals surface area contributed by atoms with Gasteiger partial charge < -0.3 is 4.57 Å². The average molecular weight is 557 g/mol. The number of benzene rings is 6. The molecule has 0 aliphatic carbocycles. The van der Waals surface area contributed by atoms with E-state index in [4.69, 9.17) is 9.97 Å². The van der Waals surface area contributed by atoms with Crippen molar-refractivity contribution in [3.05, 3.63) is 152 Å². The molecule has 2 heterocycles. The van der Waals surface area contributed by atoms with E-state index in [0.29, 0.717) is 0 Å². The Balaban J connectivity index is 1.32. The summed E-state index contributed by atoms with van der Waals surface area (Å²) in [5.41, 5.74) is 4.89. The van der Waals surface area contributed by atoms with Gasteiger partial charge in [-0.25, -0.2) is 4.98 Å². The number of nitrogens with zero attached hydrogens (tertiary/aromatic N) is 2. The highest BCUT2D eigenvalue weighted by Crippen LogP contribution is 2.43. The van der Waals surface area contributed by atoms with Crippen LogP contribution in [0.3, 0.4) is 0 Å². The van der Waals surface area contributed by atoms with Gasteiger partial charge in [-0.2, -0.15) is 0 Å². The van der Waals surface area contributed by atoms with Crippen LogP contribution in [-0.4, -0.2) is 9.97 Å². The van der Waals surface area contributed by atoms with Crippen molar-refractivity contribution in [1.82, 2.24) is 9.97 Å². The minimum Gasteiger partial charge on any atom is -0.309 e. The van der Waals surface area contributed by atoms with Crippen LogP contribution in [0.5, 0.6) is 0 Å². The molecule has 0 saturated heterocycles. The molecule has 8 aromatic rings. The number of pyridine rings is 2. The average Bonchev–Trinajstić information content (AvgIpc) is 3.07. The normalized spacial score (nSPS) is 11.9.